The predicted octanol–water partition coefficient (Wildman–Crippen LogP) is 1.23. The Morgan fingerprint density at radius 3 is 1.64 bits per heavy atom. The van der Waals surface area contributed by atoms with Crippen LogP contribution in [0, 0.1) is 23.7 Å². The SMILES string of the molecule is CC(C)C[C@H](NC(=O)[C@@H](OC(=O)C[C@H](O)[C@H](NC(=O)[C@@H](NC(=O)[C@@H](CC(C)C)N(C)C(=O)[C@@H]1CCCN1C(=O)[C@H](C)O)[C@@H](C)O)C(C)C)C(C)C)C(=O)N1CCC[C@H]1C(=O)N(C)[C@@H](Cc1ccccc1)C(=O)O. The Morgan fingerprint density at radius 2 is 1.18 bits per heavy atom. The van der Waals surface area contributed by atoms with Crippen molar-refractivity contribution in [2.45, 2.75) is 187 Å². The molecular weight excluding hydrogens is 947 g/mol. The Labute approximate surface area is 430 Å². The summed E-state index contributed by atoms with van der Waals surface area (Å²) in [6.07, 6.45) is -4.59. The minimum absolute atomic E-state index is 0.0514. The second-order valence-electron chi connectivity index (χ2n) is 21.3. The molecule has 3 rings (SSSR count). The van der Waals surface area contributed by atoms with Crippen LogP contribution in [0.2, 0.25) is 0 Å². The van der Waals surface area contributed by atoms with Gasteiger partial charge in [-0.1, -0.05) is 85.7 Å². The molecule has 1 aromatic rings. The molecule has 0 saturated carbocycles. The quantitative estimate of drug-likeness (QED) is 0.0643. The van der Waals surface area contributed by atoms with Gasteiger partial charge in [-0.25, -0.2) is 4.79 Å². The summed E-state index contributed by atoms with van der Waals surface area (Å²) in [5.74, 6) is -8.30. The second-order valence-corrected chi connectivity index (χ2v) is 21.3. The highest BCUT2D eigenvalue weighted by molar-refractivity contribution is 5.96. The number of carboxylic acids is 1. The Bertz CT molecular complexity index is 2070. The number of ether oxygens (including phenoxy) is 1. The maximum Gasteiger partial charge on any atom is 0.326 e. The van der Waals surface area contributed by atoms with Crippen molar-refractivity contribution in [2.24, 2.45) is 23.7 Å². The van der Waals surface area contributed by atoms with Crippen LogP contribution in [0.25, 0.3) is 0 Å². The molecule has 73 heavy (non-hydrogen) atoms. The number of likely N-dealkylation sites (N-methyl/N-ethyl adjacent to an activating group) is 2. The third-order valence-corrected chi connectivity index (χ3v) is 13.5. The Kier molecular flexibility index (Phi) is 23.7. The lowest BCUT2D eigenvalue weighted by atomic mass is 9.95. The number of nitrogens with zero attached hydrogens (tertiary/aromatic N) is 4. The average Bonchev–Trinajstić information content (AvgIpc) is 4.02. The number of aliphatic hydroxyl groups excluding tert-OH is 3. The van der Waals surface area contributed by atoms with Crippen LogP contribution >= 0.6 is 0 Å². The van der Waals surface area contributed by atoms with Crippen molar-refractivity contribution in [3.8, 4) is 0 Å². The number of aliphatic carboxylic acids is 1. The first-order valence-corrected chi connectivity index (χ1v) is 25.6. The lowest BCUT2D eigenvalue weighted by Crippen LogP contribution is -2.61. The largest absolute Gasteiger partial charge is 0.480 e. The number of nitrogens with one attached hydrogen (secondary N) is 3. The molecule has 2 saturated heterocycles. The molecule has 2 fully saturated rings. The summed E-state index contributed by atoms with van der Waals surface area (Å²) in [4.78, 5) is 127. The van der Waals surface area contributed by atoms with E-state index >= 15 is 0 Å². The van der Waals surface area contributed by atoms with E-state index in [1.165, 1.54) is 42.6 Å². The van der Waals surface area contributed by atoms with Crippen molar-refractivity contribution in [3.63, 3.8) is 0 Å². The molecule has 0 spiro atoms. The summed E-state index contributed by atoms with van der Waals surface area (Å²) in [7, 11) is 2.81. The number of carbonyl (C=O) groups is 9. The number of amides is 7. The average molecular weight is 1030 g/mol. The monoisotopic (exact) mass is 1030 g/mol. The van der Waals surface area contributed by atoms with Gasteiger partial charge in [0.15, 0.2) is 6.10 Å². The van der Waals surface area contributed by atoms with Gasteiger partial charge in [0.25, 0.3) is 11.8 Å². The number of hydrogen-bond donors (Lipinski definition) is 7. The zero-order valence-electron chi connectivity index (χ0n) is 44.8. The highest BCUT2D eigenvalue weighted by Gasteiger charge is 2.44. The van der Waals surface area contributed by atoms with E-state index in [2.05, 4.69) is 16.0 Å². The van der Waals surface area contributed by atoms with Gasteiger partial charge in [-0.15, -0.1) is 0 Å². The Morgan fingerprint density at radius 1 is 0.658 bits per heavy atom. The molecule has 0 aromatic heterocycles. The van der Waals surface area contributed by atoms with Crippen LogP contribution in [0.3, 0.4) is 0 Å². The molecule has 2 aliphatic heterocycles. The topological polar surface area (TPSA) is 293 Å². The second kappa shape index (κ2) is 28.1. The van der Waals surface area contributed by atoms with Gasteiger partial charge in [-0.05, 0) is 81.6 Å². The normalized spacial score (nSPS) is 19.5. The Hall–Kier alpha value is -5.67. The van der Waals surface area contributed by atoms with Gasteiger partial charge in [-0.2, -0.15) is 0 Å². The molecule has 7 amide bonds. The van der Waals surface area contributed by atoms with Gasteiger partial charge in [0.1, 0.15) is 42.4 Å². The molecule has 0 radical (unpaired) electrons. The van der Waals surface area contributed by atoms with Crippen molar-refractivity contribution in [1.82, 2.24) is 35.6 Å². The fraction of sp³-hybridized carbons (Fsp3) is 0.712. The molecule has 21 nitrogen and oxygen atoms in total. The van der Waals surface area contributed by atoms with E-state index in [4.69, 9.17) is 4.74 Å². The molecule has 410 valence electrons. The Balaban J connectivity index is 1.73. The van der Waals surface area contributed by atoms with Crippen LogP contribution in [0.15, 0.2) is 30.3 Å². The molecule has 0 unspecified atom stereocenters. The van der Waals surface area contributed by atoms with E-state index in [0.29, 0.717) is 19.3 Å². The highest BCUT2D eigenvalue weighted by Crippen LogP contribution is 2.26. The smallest absolute Gasteiger partial charge is 0.326 e. The molecular formula is C52H83N7O14. The van der Waals surface area contributed by atoms with Crippen molar-refractivity contribution in [1.29, 1.82) is 0 Å². The van der Waals surface area contributed by atoms with Crippen molar-refractivity contribution in [3.05, 3.63) is 35.9 Å². The van der Waals surface area contributed by atoms with Crippen LogP contribution in [0.1, 0.15) is 120 Å². The summed E-state index contributed by atoms with van der Waals surface area (Å²) in [6, 6.07) is 0.773. The minimum Gasteiger partial charge on any atom is -0.480 e. The van der Waals surface area contributed by atoms with Gasteiger partial charge in [0.2, 0.25) is 29.5 Å². The molecule has 1 aromatic carbocycles. The van der Waals surface area contributed by atoms with Gasteiger partial charge < -0.3 is 60.7 Å². The van der Waals surface area contributed by atoms with Crippen molar-refractivity contribution >= 4 is 53.3 Å². The van der Waals surface area contributed by atoms with Gasteiger partial charge in [-0.3, -0.25) is 38.4 Å². The first-order valence-electron chi connectivity index (χ1n) is 25.6. The van der Waals surface area contributed by atoms with Crippen LogP contribution in [-0.2, 0) is 54.3 Å². The molecule has 7 N–H and O–H groups in total. The number of carbonyl (C=O) groups excluding carboxylic acids is 8. The van der Waals surface area contributed by atoms with Crippen LogP contribution < -0.4 is 16.0 Å². The van der Waals surface area contributed by atoms with E-state index in [1.54, 1.807) is 58.0 Å². The fourth-order valence-electron chi connectivity index (χ4n) is 9.45. The maximum absolute atomic E-state index is 14.3. The van der Waals surface area contributed by atoms with Crippen molar-refractivity contribution < 1.29 is 68.3 Å². The molecule has 11 atom stereocenters. The molecule has 2 heterocycles. The number of aliphatic hydroxyl groups is 3. The van der Waals surface area contributed by atoms with Gasteiger partial charge in [0.05, 0.1) is 24.7 Å². The molecule has 2 aliphatic rings. The third kappa shape index (κ3) is 17.2. The van der Waals surface area contributed by atoms with E-state index < -0.39 is 138 Å². The van der Waals surface area contributed by atoms with Gasteiger partial charge >= 0.3 is 11.9 Å². The highest BCUT2D eigenvalue weighted by atomic mass is 16.5. The van der Waals surface area contributed by atoms with E-state index in [9.17, 15) is 63.6 Å². The lowest BCUT2D eigenvalue weighted by Gasteiger charge is -2.35. The number of hydrogen-bond acceptors (Lipinski definition) is 13. The first kappa shape index (κ1) is 61.6. The van der Waals surface area contributed by atoms with Crippen LogP contribution in [0.4, 0.5) is 0 Å². The third-order valence-electron chi connectivity index (χ3n) is 13.5. The summed E-state index contributed by atoms with van der Waals surface area (Å²) >= 11 is 0. The number of esters is 1. The van der Waals surface area contributed by atoms with E-state index in [-0.39, 0.29) is 50.6 Å². The minimum atomic E-state index is -1.60. The summed E-state index contributed by atoms with van der Waals surface area (Å²) in [5, 5.41) is 50.2. The van der Waals surface area contributed by atoms with Crippen molar-refractivity contribution in [2.75, 3.05) is 27.2 Å². The summed E-state index contributed by atoms with van der Waals surface area (Å²) < 4.78 is 5.66. The number of carboxylic acid groups (broad SMARTS) is 1. The maximum atomic E-state index is 14.3. The number of benzene rings is 1. The zero-order chi connectivity index (χ0) is 55.2. The standard InChI is InChI=1S/C52H83N7O14/c1-28(2)24-35(49(68)59-23-17-21-37(59)51(70)57(12)39(52(71)72)26-34-18-14-13-15-19-34)53-47(66)44(31(7)8)73-41(63)27-40(62)42(30(5)6)54-46(65)43(32(9)60)55-45(64)38(25-29(3)4)56(11)50(69)36-20-16-22-58(36)48(67)33(10)61/h13-15,18-19,28-33,35-40,42-44,60-62H,16-17,20-27H2,1-12H3,(H,53,66)(H,54,65)(H,55,64)(H,71,72)/t32-,33+,35+,36+,37+,38-,39+,40+,42-,43+,44+/m1/s1. The van der Waals surface area contributed by atoms with E-state index in [0.717, 1.165) is 10.5 Å². The summed E-state index contributed by atoms with van der Waals surface area (Å²) in [5.41, 5.74) is 0.717. The fourth-order valence-corrected chi connectivity index (χ4v) is 9.45. The summed E-state index contributed by atoms with van der Waals surface area (Å²) in [6.45, 7) is 16.9. The predicted molar refractivity (Wildman–Crippen MR) is 269 cm³/mol. The molecule has 0 bridgehead atoms. The number of likely N-dealkylation sites (tertiary alicyclic amines) is 2. The molecule has 0 aliphatic carbocycles. The number of rotatable bonds is 26. The van der Waals surface area contributed by atoms with E-state index in [1.807, 2.05) is 27.7 Å². The lowest BCUT2D eigenvalue weighted by molar-refractivity contribution is -0.162. The van der Waals surface area contributed by atoms with Crippen LogP contribution in [-0.4, -0.2) is 187 Å². The zero-order valence-corrected chi connectivity index (χ0v) is 44.8. The first-order chi connectivity index (χ1) is 34.1. The molecule has 21 heteroatoms. The van der Waals surface area contributed by atoms with Crippen LogP contribution in [0.5, 0.6) is 0 Å². The van der Waals surface area contributed by atoms with Gasteiger partial charge in [0, 0.05) is 33.6 Å².